The van der Waals surface area contributed by atoms with Gasteiger partial charge in [-0.15, -0.1) is 0 Å². The quantitative estimate of drug-likeness (QED) is 0.804. The first-order chi connectivity index (χ1) is 8.36. The largest absolute Gasteiger partial charge is 0.395 e. The second-order valence-corrected chi connectivity index (χ2v) is 4.33. The van der Waals surface area contributed by atoms with E-state index in [1.54, 1.807) is 0 Å². The van der Waals surface area contributed by atoms with Gasteiger partial charge in [0, 0.05) is 13.1 Å². The van der Waals surface area contributed by atoms with Gasteiger partial charge in [-0.05, 0) is 12.1 Å². The fraction of sp³-hybridized carbons (Fsp3) is 0.400. The molecule has 0 radical (unpaired) electrons. The van der Waals surface area contributed by atoms with E-state index in [0.29, 0.717) is 5.69 Å². The number of nitrogens with one attached hydrogen (secondary N) is 1. The van der Waals surface area contributed by atoms with Crippen molar-refractivity contribution < 1.29 is 18.0 Å². The molecule has 0 atom stereocenters. The van der Waals surface area contributed by atoms with Crippen LogP contribution in [0.3, 0.4) is 0 Å². The minimum absolute atomic E-state index is 0.272. The van der Waals surface area contributed by atoms with Gasteiger partial charge in [0.15, 0.2) is 0 Å². The highest BCUT2D eigenvalue weighted by Crippen LogP contribution is 2.33. The first-order valence-electron chi connectivity index (χ1n) is 5.10. The van der Waals surface area contributed by atoms with E-state index in [-0.39, 0.29) is 18.2 Å². The fourth-order valence-corrected chi connectivity index (χ4v) is 1.62. The highest BCUT2D eigenvalue weighted by Gasteiger charge is 2.48. The first kappa shape index (κ1) is 12.9. The van der Waals surface area contributed by atoms with Crippen LogP contribution >= 0.6 is 11.6 Å². The lowest BCUT2D eigenvalue weighted by Gasteiger charge is -2.39. The number of pyridine rings is 1. The molecule has 0 bridgehead atoms. The van der Waals surface area contributed by atoms with Crippen LogP contribution in [0.2, 0.25) is 5.15 Å². The van der Waals surface area contributed by atoms with Crippen LogP contribution in [0.5, 0.6) is 0 Å². The third-order valence-electron chi connectivity index (χ3n) is 2.61. The van der Waals surface area contributed by atoms with Crippen molar-refractivity contribution in [3.8, 4) is 0 Å². The lowest BCUT2D eigenvalue weighted by Crippen LogP contribution is -2.56. The van der Waals surface area contributed by atoms with Gasteiger partial charge in [0.1, 0.15) is 5.15 Å². The molecule has 0 saturated carbocycles. The maximum atomic E-state index is 12.2. The van der Waals surface area contributed by atoms with Gasteiger partial charge in [-0.2, -0.15) is 13.2 Å². The van der Waals surface area contributed by atoms with E-state index in [0.717, 1.165) is 4.90 Å². The first-order valence-corrected chi connectivity index (χ1v) is 5.48. The molecule has 1 aromatic heterocycles. The Kier molecular flexibility index (Phi) is 3.34. The summed E-state index contributed by atoms with van der Waals surface area (Å²) in [6.07, 6.45) is -2.90. The Morgan fingerprint density at radius 3 is 2.61 bits per heavy atom. The molecular weight excluding hydrogens is 271 g/mol. The van der Waals surface area contributed by atoms with E-state index in [1.165, 1.54) is 18.3 Å². The summed E-state index contributed by atoms with van der Waals surface area (Å²) in [6, 6.07) is 2.43. The summed E-state index contributed by atoms with van der Waals surface area (Å²) in [4.78, 5) is 16.4. The monoisotopic (exact) mass is 279 g/mol. The maximum Gasteiger partial charge on any atom is 0.395 e. The molecule has 4 nitrogen and oxygen atoms in total. The number of aromatic nitrogens is 1. The number of nitrogens with zero attached hydrogens (tertiary/aromatic N) is 2. The lowest BCUT2D eigenvalue weighted by atomic mass is 10.0. The standard InChI is InChI=1S/C10H9ClF3N3O/c11-8-2-1-7(3-15-8)16-9(18)17-4-6(5-17)10(12,13)14/h1-3,6H,4-5H2,(H,16,18). The number of hydrogen-bond donors (Lipinski definition) is 1. The molecule has 1 aliphatic rings. The summed E-state index contributed by atoms with van der Waals surface area (Å²) in [6.45, 7) is -0.618. The van der Waals surface area contributed by atoms with Gasteiger partial charge in [-0.3, -0.25) is 0 Å². The van der Waals surface area contributed by atoms with Crippen molar-refractivity contribution in [3.05, 3.63) is 23.5 Å². The molecule has 1 saturated heterocycles. The molecule has 0 spiro atoms. The third kappa shape index (κ3) is 2.84. The highest BCUT2D eigenvalue weighted by atomic mass is 35.5. The number of halogens is 4. The van der Waals surface area contributed by atoms with Crippen LogP contribution in [0.25, 0.3) is 0 Å². The Hall–Kier alpha value is -1.50. The average Bonchev–Trinajstić information content (AvgIpc) is 2.17. The van der Waals surface area contributed by atoms with Gasteiger partial charge in [0.05, 0.1) is 17.8 Å². The van der Waals surface area contributed by atoms with E-state index >= 15 is 0 Å². The summed E-state index contributed by atoms with van der Waals surface area (Å²) in [5, 5.41) is 2.71. The number of likely N-dealkylation sites (tertiary alicyclic amines) is 1. The Bertz CT molecular complexity index is 443. The molecule has 2 rings (SSSR count). The minimum Gasteiger partial charge on any atom is -0.323 e. The van der Waals surface area contributed by atoms with Crippen molar-refractivity contribution in [2.75, 3.05) is 18.4 Å². The van der Waals surface area contributed by atoms with Crippen LogP contribution < -0.4 is 5.32 Å². The van der Waals surface area contributed by atoms with Crippen LogP contribution in [0.1, 0.15) is 0 Å². The Balaban J connectivity index is 1.86. The van der Waals surface area contributed by atoms with Crippen molar-refractivity contribution in [2.24, 2.45) is 5.92 Å². The van der Waals surface area contributed by atoms with Crippen LogP contribution in [-0.4, -0.2) is 35.2 Å². The molecule has 0 unspecified atom stereocenters. The number of carbonyl (C=O) groups is 1. The van der Waals surface area contributed by atoms with Gasteiger partial charge in [-0.1, -0.05) is 11.6 Å². The van der Waals surface area contributed by atoms with Gasteiger partial charge < -0.3 is 10.2 Å². The van der Waals surface area contributed by atoms with Gasteiger partial charge in [0.25, 0.3) is 0 Å². The highest BCUT2D eigenvalue weighted by molar-refractivity contribution is 6.29. The van der Waals surface area contributed by atoms with Crippen LogP contribution in [0, 0.1) is 5.92 Å². The minimum atomic E-state index is -4.24. The molecule has 1 aromatic rings. The van der Waals surface area contributed by atoms with Gasteiger partial charge >= 0.3 is 12.2 Å². The molecule has 0 aliphatic carbocycles. The number of carbonyl (C=O) groups excluding carboxylic acids is 1. The van der Waals surface area contributed by atoms with E-state index in [4.69, 9.17) is 11.6 Å². The molecule has 2 amide bonds. The predicted octanol–water partition coefficient (Wildman–Crippen LogP) is 2.76. The number of rotatable bonds is 1. The number of urea groups is 1. The summed E-state index contributed by atoms with van der Waals surface area (Å²) in [5.74, 6) is -1.42. The molecular formula is C10H9ClF3N3O. The maximum absolute atomic E-state index is 12.2. The predicted molar refractivity (Wildman–Crippen MR) is 59.4 cm³/mol. The van der Waals surface area contributed by atoms with Crippen molar-refractivity contribution >= 4 is 23.3 Å². The van der Waals surface area contributed by atoms with Crippen molar-refractivity contribution in [2.45, 2.75) is 6.18 Å². The van der Waals surface area contributed by atoms with E-state index in [2.05, 4.69) is 10.3 Å². The molecule has 2 heterocycles. The van der Waals surface area contributed by atoms with E-state index in [1.807, 2.05) is 0 Å². The number of alkyl halides is 3. The summed E-state index contributed by atoms with van der Waals surface area (Å²) < 4.78 is 36.7. The van der Waals surface area contributed by atoms with Crippen LogP contribution in [0.4, 0.5) is 23.7 Å². The second-order valence-electron chi connectivity index (χ2n) is 3.94. The van der Waals surface area contributed by atoms with Crippen molar-refractivity contribution in [1.82, 2.24) is 9.88 Å². The normalized spacial score (nSPS) is 16.3. The molecule has 1 fully saturated rings. The molecule has 98 valence electrons. The molecule has 1 N–H and O–H groups in total. The zero-order valence-electron chi connectivity index (χ0n) is 9.04. The summed E-state index contributed by atoms with van der Waals surface area (Å²) in [7, 11) is 0. The molecule has 1 aliphatic heterocycles. The van der Waals surface area contributed by atoms with Crippen molar-refractivity contribution in [3.63, 3.8) is 0 Å². The number of anilines is 1. The zero-order valence-corrected chi connectivity index (χ0v) is 9.79. The second kappa shape index (κ2) is 4.64. The topological polar surface area (TPSA) is 45.2 Å². The number of hydrogen-bond acceptors (Lipinski definition) is 2. The average molecular weight is 280 g/mol. The SMILES string of the molecule is O=C(Nc1ccc(Cl)nc1)N1CC(C(F)(F)F)C1. The van der Waals surface area contributed by atoms with Crippen molar-refractivity contribution in [1.29, 1.82) is 0 Å². The Labute approximate surface area is 106 Å². The molecule has 8 heteroatoms. The Morgan fingerprint density at radius 2 is 2.11 bits per heavy atom. The number of amides is 2. The van der Waals surface area contributed by atoms with Crippen LogP contribution in [0.15, 0.2) is 18.3 Å². The Morgan fingerprint density at radius 1 is 1.44 bits per heavy atom. The summed E-state index contributed by atoms with van der Waals surface area (Å²) in [5.41, 5.74) is 0.389. The molecule has 0 aromatic carbocycles. The summed E-state index contributed by atoms with van der Waals surface area (Å²) >= 11 is 5.56. The molecule has 18 heavy (non-hydrogen) atoms. The zero-order chi connectivity index (χ0) is 13.3. The van der Waals surface area contributed by atoms with Gasteiger partial charge in [-0.25, -0.2) is 9.78 Å². The third-order valence-corrected chi connectivity index (χ3v) is 2.83. The smallest absolute Gasteiger partial charge is 0.323 e. The van der Waals surface area contributed by atoms with Crippen LogP contribution in [-0.2, 0) is 0 Å². The van der Waals surface area contributed by atoms with Gasteiger partial charge in [0.2, 0.25) is 0 Å². The van der Waals surface area contributed by atoms with E-state index < -0.39 is 18.1 Å². The fourth-order valence-electron chi connectivity index (χ4n) is 1.50. The van der Waals surface area contributed by atoms with E-state index in [9.17, 15) is 18.0 Å². The lowest BCUT2D eigenvalue weighted by molar-refractivity contribution is -0.201.